The number of anilines is 1. The fourth-order valence-electron chi connectivity index (χ4n) is 2.43. The van der Waals surface area contributed by atoms with E-state index < -0.39 is 11.2 Å². The highest BCUT2D eigenvalue weighted by atomic mass is 19.1. The number of halogens is 1. The molecule has 0 bridgehead atoms. The number of imidazole rings is 1. The summed E-state index contributed by atoms with van der Waals surface area (Å²) in [5, 5.41) is 4.07. The third-order valence-electron chi connectivity index (χ3n) is 3.77. The van der Waals surface area contributed by atoms with Crippen molar-refractivity contribution in [2.45, 2.75) is 6.54 Å². The largest absolute Gasteiger partial charge is 0.383 e. The standard InChI is InChI=1S/C16H17FN6O3/c1-22-13-12(14(24)20-16(22)25)23(7-8-26-2)15(19-13)21-18-9-10-3-5-11(17)6-4-10/h3-6,9H,7-8H2,1-2H3,(H,19,21)(H,20,24,25)/b18-9-. The van der Waals surface area contributed by atoms with E-state index in [1.807, 2.05) is 0 Å². The summed E-state index contributed by atoms with van der Waals surface area (Å²) in [7, 11) is 3.05. The summed E-state index contributed by atoms with van der Waals surface area (Å²) < 4.78 is 20.8. The van der Waals surface area contributed by atoms with Crippen LogP contribution in [-0.4, -0.2) is 39.0 Å². The van der Waals surface area contributed by atoms with E-state index in [-0.39, 0.29) is 22.9 Å². The molecule has 0 aliphatic carbocycles. The van der Waals surface area contributed by atoms with Crippen LogP contribution in [0.4, 0.5) is 10.3 Å². The zero-order valence-electron chi connectivity index (χ0n) is 14.2. The highest BCUT2D eigenvalue weighted by molar-refractivity contribution is 5.80. The maximum Gasteiger partial charge on any atom is 0.329 e. The molecule has 3 rings (SSSR count). The van der Waals surface area contributed by atoms with Crippen molar-refractivity contribution < 1.29 is 9.13 Å². The maximum absolute atomic E-state index is 12.9. The Morgan fingerprint density at radius 3 is 2.77 bits per heavy atom. The van der Waals surface area contributed by atoms with Crippen molar-refractivity contribution in [2.75, 3.05) is 19.1 Å². The molecule has 2 aromatic heterocycles. The third-order valence-corrected chi connectivity index (χ3v) is 3.77. The minimum Gasteiger partial charge on any atom is -0.383 e. The topological polar surface area (TPSA) is 106 Å². The van der Waals surface area contributed by atoms with Gasteiger partial charge in [0.25, 0.3) is 5.56 Å². The van der Waals surface area contributed by atoms with E-state index in [4.69, 9.17) is 4.74 Å². The van der Waals surface area contributed by atoms with E-state index >= 15 is 0 Å². The molecular weight excluding hydrogens is 343 g/mol. The predicted octanol–water partition coefficient (Wildman–Crippen LogP) is 0.655. The summed E-state index contributed by atoms with van der Waals surface area (Å²) in [4.78, 5) is 30.5. The molecule has 10 heteroatoms. The number of ether oxygens (including phenoxy) is 1. The number of hydrogen-bond acceptors (Lipinski definition) is 6. The monoisotopic (exact) mass is 360 g/mol. The molecule has 3 aromatic rings. The number of aromatic amines is 1. The summed E-state index contributed by atoms with van der Waals surface area (Å²) in [6.07, 6.45) is 1.49. The van der Waals surface area contributed by atoms with Gasteiger partial charge in [-0.3, -0.25) is 14.3 Å². The van der Waals surface area contributed by atoms with Crippen LogP contribution in [-0.2, 0) is 18.3 Å². The van der Waals surface area contributed by atoms with Gasteiger partial charge in [0.15, 0.2) is 11.2 Å². The number of nitrogens with one attached hydrogen (secondary N) is 2. The van der Waals surface area contributed by atoms with Crippen LogP contribution in [0.25, 0.3) is 11.2 Å². The van der Waals surface area contributed by atoms with Crippen molar-refractivity contribution in [3.05, 3.63) is 56.5 Å². The number of hydrazone groups is 1. The Morgan fingerprint density at radius 1 is 1.35 bits per heavy atom. The van der Waals surface area contributed by atoms with Gasteiger partial charge in [0.2, 0.25) is 5.95 Å². The van der Waals surface area contributed by atoms with Crippen LogP contribution in [0.1, 0.15) is 5.56 Å². The molecule has 26 heavy (non-hydrogen) atoms. The summed E-state index contributed by atoms with van der Waals surface area (Å²) in [6, 6.07) is 5.79. The zero-order chi connectivity index (χ0) is 18.7. The Labute approximate surface area is 146 Å². The van der Waals surface area contributed by atoms with Crippen molar-refractivity contribution in [1.29, 1.82) is 0 Å². The Morgan fingerprint density at radius 2 is 2.08 bits per heavy atom. The van der Waals surface area contributed by atoms with Gasteiger partial charge >= 0.3 is 5.69 Å². The summed E-state index contributed by atoms with van der Waals surface area (Å²) in [5.41, 5.74) is 2.81. The second kappa shape index (κ2) is 7.31. The number of benzene rings is 1. The molecule has 0 radical (unpaired) electrons. The Balaban J connectivity index is 1.99. The Bertz CT molecular complexity index is 1060. The van der Waals surface area contributed by atoms with Gasteiger partial charge in [-0.05, 0) is 17.7 Å². The van der Waals surface area contributed by atoms with Crippen LogP contribution >= 0.6 is 0 Å². The highest BCUT2D eigenvalue weighted by Crippen LogP contribution is 2.15. The molecule has 0 atom stereocenters. The van der Waals surface area contributed by atoms with Gasteiger partial charge in [0.05, 0.1) is 12.8 Å². The number of H-pyrrole nitrogens is 1. The number of hydrogen-bond donors (Lipinski definition) is 2. The molecule has 0 unspecified atom stereocenters. The SMILES string of the molecule is COCCn1c(N/N=C\c2ccc(F)cc2)nc2c1c(=O)[nH]c(=O)n2C. The summed E-state index contributed by atoms with van der Waals surface area (Å²) in [5.74, 6) is -0.0567. The summed E-state index contributed by atoms with van der Waals surface area (Å²) >= 11 is 0. The van der Waals surface area contributed by atoms with E-state index in [1.165, 1.54) is 30.0 Å². The average Bonchev–Trinajstić information content (AvgIpc) is 2.99. The summed E-state index contributed by atoms with van der Waals surface area (Å²) in [6.45, 7) is 0.673. The van der Waals surface area contributed by atoms with Crippen LogP contribution in [0.5, 0.6) is 0 Å². The molecule has 0 fully saturated rings. The number of aromatic nitrogens is 4. The molecule has 0 saturated carbocycles. The van der Waals surface area contributed by atoms with Crippen molar-refractivity contribution in [3.63, 3.8) is 0 Å². The van der Waals surface area contributed by atoms with Gasteiger partial charge in [0, 0.05) is 20.7 Å². The maximum atomic E-state index is 12.9. The van der Waals surface area contributed by atoms with E-state index in [0.29, 0.717) is 18.7 Å². The van der Waals surface area contributed by atoms with Gasteiger partial charge < -0.3 is 9.30 Å². The Kier molecular flexibility index (Phi) is 4.94. The minimum absolute atomic E-state index is 0.231. The lowest BCUT2D eigenvalue weighted by Crippen LogP contribution is -2.29. The third kappa shape index (κ3) is 3.40. The van der Waals surface area contributed by atoms with Gasteiger partial charge in [-0.15, -0.1) is 0 Å². The van der Waals surface area contributed by atoms with Crippen LogP contribution in [0.15, 0.2) is 39.0 Å². The molecule has 1 aromatic carbocycles. The second-order valence-corrected chi connectivity index (χ2v) is 5.49. The fourth-order valence-corrected chi connectivity index (χ4v) is 2.43. The van der Waals surface area contributed by atoms with Gasteiger partial charge in [0.1, 0.15) is 5.82 Å². The lowest BCUT2D eigenvalue weighted by atomic mass is 10.2. The highest BCUT2D eigenvalue weighted by Gasteiger charge is 2.16. The minimum atomic E-state index is -0.555. The van der Waals surface area contributed by atoms with E-state index in [0.717, 1.165) is 0 Å². The molecule has 9 nitrogen and oxygen atoms in total. The van der Waals surface area contributed by atoms with E-state index in [2.05, 4.69) is 20.5 Å². The van der Waals surface area contributed by atoms with Crippen molar-refractivity contribution >= 4 is 23.3 Å². The first-order chi connectivity index (χ1) is 12.5. The number of fused-ring (bicyclic) bond motifs is 1. The zero-order valence-corrected chi connectivity index (χ0v) is 14.2. The lowest BCUT2D eigenvalue weighted by molar-refractivity contribution is 0.188. The first kappa shape index (κ1) is 17.5. The molecule has 0 spiro atoms. The molecule has 0 aliphatic heterocycles. The van der Waals surface area contributed by atoms with Crippen molar-refractivity contribution in [1.82, 2.24) is 19.1 Å². The normalized spacial score (nSPS) is 11.5. The molecule has 0 amide bonds. The molecule has 0 saturated heterocycles. The predicted molar refractivity (Wildman–Crippen MR) is 95.1 cm³/mol. The number of rotatable bonds is 6. The number of aryl methyl sites for hydroxylation is 1. The van der Waals surface area contributed by atoms with Gasteiger partial charge in [-0.1, -0.05) is 12.1 Å². The van der Waals surface area contributed by atoms with Crippen LogP contribution in [0, 0.1) is 5.82 Å². The molecule has 2 N–H and O–H groups in total. The molecular formula is C16H17FN6O3. The smallest absolute Gasteiger partial charge is 0.329 e. The first-order valence-electron chi connectivity index (χ1n) is 7.74. The molecule has 136 valence electrons. The second-order valence-electron chi connectivity index (χ2n) is 5.49. The van der Waals surface area contributed by atoms with Crippen LogP contribution < -0.4 is 16.7 Å². The van der Waals surface area contributed by atoms with Crippen molar-refractivity contribution in [3.8, 4) is 0 Å². The van der Waals surface area contributed by atoms with Crippen LogP contribution in [0.3, 0.4) is 0 Å². The first-order valence-corrected chi connectivity index (χ1v) is 7.74. The fraction of sp³-hybridized carbons (Fsp3) is 0.250. The molecule has 0 aliphatic rings. The quantitative estimate of drug-likeness (QED) is 0.496. The van der Waals surface area contributed by atoms with Crippen LogP contribution in [0.2, 0.25) is 0 Å². The van der Waals surface area contributed by atoms with Gasteiger partial charge in [-0.2, -0.15) is 10.1 Å². The number of methoxy groups -OCH3 is 1. The average molecular weight is 360 g/mol. The molecule has 2 heterocycles. The van der Waals surface area contributed by atoms with E-state index in [1.54, 1.807) is 23.8 Å². The number of nitrogens with zero attached hydrogens (tertiary/aromatic N) is 4. The van der Waals surface area contributed by atoms with Gasteiger partial charge in [-0.25, -0.2) is 14.6 Å². The van der Waals surface area contributed by atoms with Crippen molar-refractivity contribution in [2.24, 2.45) is 12.1 Å². The van der Waals surface area contributed by atoms with E-state index in [9.17, 15) is 14.0 Å². The Hall–Kier alpha value is -3.27. The lowest BCUT2D eigenvalue weighted by Gasteiger charge is -2.07.